The van der Waals surface area contributed by atoms with Gasteiger partial charge in [0.1, 0.15) is 5.82 Å². The van der Waals surface area contributed by atoms with Crippen LogP contribution in [0.3, 0.4) is 0 Å². The molecule has 116 valence electrons. The maximum Gasteiger partial charge on any atom is 0.221 e. The Bertz CT molecular complexity index is 482. The zero-order valence-corrected chi connectivity index (χ0v) is 12.4. The molecule has 21 heavy (non-hydrogen) atoms. The number of carbonyl (C=O) groups excluding carboxylic acids is 1. The van der Waals surface area contributed by atoms with Gasteiger partial charge >= 0.3 is 0 Å². The normalized spacial score (nSPS) is 19.2. The van der Waals surface area contributed by atoms with Crippen LogP contribution in [-0.2, 0) is 29.0 Å². The maximum absolute atomic E-state index is 11.9. The highest BCUT2D eigenvalue weighted by Crippen LogP contribution is 2.13. The van der Waals surface area contributed by atoms with Crippen LogP contribution in [0.15, 0.2) is 0 Å². The largest absolute Gasteiger partial charge is 0.379 e. The van der Waals surface area contributed by atoms with E-state index in [1.807, 2.05) is 0 Å². The van der Waals surface area contributed by atoms with E-state index in [0.717, 1.165) is 57.5 Å². The zero-order chi connectivity index (χ0) is 14.5. The van der Waals surface area contributed by atoms with E-state index in [-0.39, 0.29) is 5.91 Å². The first-order valence-corrected chi connectivity index (χ1v) is 7.81. The van der Waals surface area contributed by atoms with Crippen LogP contribution in [0, 0.1) is 0 Å². The van der Waals surface area contributed by atoms with Gasteiger partial charge in [-0.3, -0.25) is 9.69 Å². The summed E-state index contributed by atoms with van der Waals surface area (Å²) in [7, 11) is 0. The molecule has 1 fully saturated rings. The van der Waals surface area contributed by atoms with Gasteiger partial charge in [-0.25, -0.2) is 0 Å². The molecule has 0 unspecified atom stereocenters. The van der Waals surface area contributed by atoms with Crippen molar-refractivity contribution in [2.45, 2.75) is 38.8 Å². The second-order valence-corrected chi connectivity index (χ2v) is 5.62. The van der Waals surface area contributed by atoms with E-state index in [0.29, 0.717) is 13.0 Å². The van der Waals surface area contributed by atoms with Gasteiger partial charge in [-0.1, -0.05) is 0 Å². The van der Waals surface area contributed by atoms with Gasteiger partial charge in [0.15, 0.2) is 5.82 Å². The van der Waals surface area contributed by atoms with E-state index >= 15 is 0 Å². The predicted octanol–water partition coefficient (Wildman–Crippen LogP) is -0.0471. The molecule has 2 aliphatic heterocycles. The van der Waals surface area contributed by atoms with Crippen molar-refractivity contribution in [1.29, 1.82) is 0 Å². The lowest BCUT2D eigenvalue weighted by atomic mass is 10.2. The average molecular weight is 293 g/mol. The molecule has 1 aromatic rings. The van der Waals surface area contributed by atoms with Crippen molar-refractivity contribution in [3.05, 3.63) is 11.6 Å². The average Bonchev–Trinajstić information content (AvgIpc) is 2.95. The molecule has 7 nitrogen and oxygen atoms in total. The molecule has 3 rings (SSSR count). The molecular weight excluding hydrogens is 270 g/mol. The van der Waals surface area contributed by atoms with Gasteiger partial charge in [0, 0.05) is 39.0 Å². The first-order valence-electron chi connectivity index (χ1n) is 7.81. The molecule has 0 saturated carbocycles. The summed E-state index contributed by atoms with van der Waals surface area (Å²) in [5.74, 6) is 2.01. The minimum absolute atomic E-state index is 0.0784. The molecule has 1 aromatic heterocycles. The molecule has 1 amide bonds. The second kappa shape index (κ2) is 7.00. The van der Waals surface area contributed by atoms with Gasteiger partial charge in [-0.2, -0.15) is 0 Å². The third-order valence-electron chi connectivity index (χ3n) is 4.14. The third-order valence-corrected chi connectivity index (χ3v) is 4.14. The van der Waals surface area contributed by atoms with Crippen molar-refractivity contribution in [1.82, 2.24) is 25.0 Å². The smallest absolute Gasteiger partial charge is 0.221 e. The van der Waals surface area contributed by atoms with Gasteiger partial charge in [0.25, 0.3) is 0 Å². The third kappa shape index (κ3) is 3.79. The summed E-state index contributed by atoms with van der Waals surface area (Å²) in [5.41, 5.74) is 0. The molecule has 0 atom stereocenters. The number of rotatable bonds is 5. The standard InChI is InChI=1S/C14H23N5O2/c20-14(4-6-18-7-9-21-10-8-18)15-11-13-17-16-12-3-1-2-5-19(12)13/h1-11H2,(H,15,20). The molecule has 2 aliphatic rings. The number of amides is 1. The highest BCUT2D eigenvalue weighted by Gasteiger charge is 2.16. The van der Waals surface area contributed by atoms with E-state index in [1.54, 1.807) is 0 Å². The molecule has 0 aromatic carbocycles. The molecule has 3 heterocycles. The van der Waals surface area contributed by atoms with Crippen LogP contribution < -0.4 is 5.32 Å². The quantitative estimate of drug-likeness (QED) is 0.824. The highest BCUT2D eigenvalue weighted by atomic mass is 16.5. The van der Waals surface area contributed by atoms with Crippen LogP contribution in [0.5, 0.6) is 0 Å². The van der Waals surface area contributed by atoms with Crippen LogP contribution in [0.1, 0.15) is 30.9 Å². The van der Waals surface area contributed by atoms with E-state index in [2.05, 4.69) is 25.0 Å². The van der Waals surface area contributed by atoms with Crippen LogP contribution in [0.25, 0.3) is 0 Å². The first-order chi connectivity index (χ1) is 10.3. The van der Waals surface area contributed by atoms with Crippen molar-refractivity contribution in [3.63, 3.8) is 0 Å². The first kappa shape index (κ1) is 14.5. The fraction of sp³-hybridized carbons (Fsp3) is 0.786. The van der Waals surface area contributed by atoms with Crippen LogP contribution in [-0.4, -0.2) is 58.4 Å². The van der Waals surface area contributed by atoms with Crippen molar-refractivity contribution in [3.8, 4) is 0 Å². The summed E-state index contributed by atoms with van der Waals surface area (Å²) in [5, 5.41) is 11.3. The Labute approximate surface area is 124 Å². The van der Waals surface area contributed by atoms with Crippen molar-refractivity contribution >= 4 is 5.91 Å². The van der Waals surface area contributed by atoms with E-state index in [4.69, 9.17) is 4.74 Å². The molecule has 1 N–H and O–H groups in total. The number of hydrogen-bond donors (Lipinski definition) is 1. The molecule has 7 heteroatoms. The summed E-state index contributed by atoms with van der Waals surface area (Å²) >= 11 is 0. The lowest BCUT2D eigenvalue weighted by molar-refractivity contribution is -0.121. The van der Waals surface area contributed by atoms with Crippen LogP contribution in [0.4, 0.5) is 0 Å². The number of nitrogens with zero attached hydrogens (tertiary/aromatic N) is 4. The number of ether oxygens (including phenoxy) is 1. The fourth-order valence-corrected chi connectivity index (χ4v) is 2.85. The summed E-state index contributed by atoms with van der Waals surface area (Å²) in [6, 6.07) is 0. The zero-order valence-electron chi connectivity index (χ0n) is 12.4. The number of aromatic nitrogens is 3. The Kier molecular flexibility index (Phi) is 4.82. The van der Waals surface area contributed by atoms with Crippen molar-refractivity contribution in [2.75, 3.05) is 32.8 Å². The molecule has 0 aliphatic carbocycles. The van der Waals surface area contributed by atoms with Crippen molar-refractivity contribution < 1.29 is 9.53 Å². The number of hydrogen-bond acceptors (Lipinski definition) is 5. The Morgan fingerprint density at radius 2 is 2.05 bits per heavy atom. The monoisotopic (exact) mass is 293 g/mol. The van der Waals surface area contributed by atoms with Crippen LogP contribution >= 0.6 is 0 Å². The maximum atomic E-state index is 11.9. The minimum Gasteiger partial charge on any atom is -0.379 e. The highest BCUT2D eigenvalue weighted by molar-refractivity contribution is 5.75. The SMILES string of the molecule is O=C(CCN1CCOCC1)NCc1nnc2n1CCCC2. The summed E-state index contributed by atoms with van der Waals surface area (Å²) in [4.78, 5) is 14.2. The van der Waals surface area contributed by atoms with Gasteiger partial charge in [-0.05, 0) is 12.8 Å². The van der Waals surface area contributed by atoms with Gasteiger partial charge in [-0.15, -0.1) is 10.2 Å². The van der Waals surface area contributed by atoms with Crippen molar-refractivity contribution in [2.24, 2.45) is 0 Å². The lowest BCUT2D eigenvalue weighted by Crippen LogP contribution is -2.38. The summed E-state index contributed by atoms with van der Waals surface area (Å²) < 4.78 is 7.44. The topological polar surface area (TPSA) is 72.3 Å². The molecule has 0 radical (unpaired) electrons. The van der Waals surface area contributed by atoms with Crippen LogP contribution in [0.2, 0.25) is 0 Å². The number of morpholine rings is 1. The summed E-state index contributed by atoms with van der Waals surface area (Å²) in [6.45, 7) is 5.64. The van der Waals surface area contributed by atoms with E-state index in [9.17, 15) is 4.79 Å². The minimum atomic E-state index is 0.0784. The molecule has 0 bridgehead atoms. The second-order valence-electron chi connectivity index (χ2n) is 5.62. The fourth-order valence-electron chi connectivity index (χ4n) is 2.85. The number of nitrogens with one attached hydrogen (secondary N) is 1. The molecule has 0 spiro atoms. The predicted molar refractivity (Wildman–Crippen MR) is 76.7 cm³/mol. The molecular formula is C14H23N5O2. The Morgan fingerprint density at radius 1 is 1.19 bits per heavy atom. The van der Waals surface area contributed by atoms with Gasteiger partial charge < -0.3 is 14.6 Å². The number of aryl methyl sites for hydroxylation is 1. The van der Waals surface area contributed by atoms with Gasteiger partial charge in [0.2, 0.25) is 5.91 Å². The number of carbonyl (C=O) groups is 1. The summed E-state index contributed by atoms with van der Waals surface area (Å²) in [6.07, 6.45) is 3.88. The van der Waals surface area contributed by atoms with E-state index in [1.165, 1.54) is 12.8 Å². The number of fused-ring (bicyclic) bond motifs is 1. The van der Waals surface area contributed by atoms with Gasteiger partial charge in [0.05, 0.1) is 19.8 Å². The Balaban J connectivity index is 1.42. The Hall–Kier alpha value is -1.47. The lowest BCUT2D eigenvalue weighted by Gasteiger charge is -2.26. The Morgan fingerprint density at radius 3 is 2.90 bits per heavy atom. The molecule has 1 saturated heterocycles. The van der Waals surface area contributed by atoms with E-state index < -0.39 is 0 Å².